The van der Waals surface area contributed by atoms with Crippen molar-refractivity contribution in [2.24, 2.45) is 5.92 Å². The molecule has 0 aromatic heterocycles. The number of rotatable bonds is 1. The van der Waals surface area contributed by atoms with Gasteiger partial charge in [-0.1, -0.05) is 18.2 Å². The van der Waals surface area contributed by atoms with Crippen molar-refractivity contribution in [1.29, 1.82) is 0 Å². The minimum atomic E-state index is 0. The third-order valence-electron chi connectivity index (χ3n) is 2.99. The topological polar surface area (TPSA) is 12.0 Å². The van der Waals surface area contributed by atoms with Crippen molar-refractivity contribution in [2.75, 3.05) is 5.32 Å². The quantitative estimate of drug-likeness (QED) is 0.727. The Morgan fingerprint density at radius 2 is 1.92 bits per heavy atom. The van der Waals surface area contributed by atoms with Crippen LogP contribution in [0.1, 0.15) is 18.4 Å². The number of fused-ring (bicyclic) bond motifs is 1. The van der Waals surface area contributed by atoms with Crippen molar-refractivity contribution in [3.63, 3.8) is 0 Å². The smallest absolute Gasteiger partial charge is 0.0375 e. The number of hydrogen-bond acceptors (Lipinski definition) is 1. The van der Waals surface area contributed by atoms with E-state index in [1.807, 2.05) is 0 Å². The summed E-state index contributed by atoms with van der Waals surface area (Å²) in [6.07, 6.45) is 4.12. The second-order valence-corrected chi connectivity index (χ2v) is 3.95. The maximum absolute atomic E-state index is 3.60. The molecule has 1 aromatic rings. The molecule has 70 valence electrons. The van der Waals surface area contributed by atoms with Crippen LogP contribution < -0.4 is 5.32 Å². The van der Waals surface area contributed by atoms with E-state index in [4.69, 9.17) is 0 Å². The van der Waals surface area contributed by atoms with Crippen LogP contribution in [0.2, 0.25) is 0 Å². The average Bonchev–Trinajstić information content (AvgIpc) is 2.85. The lowest BCUT2D eigenvalue weighted by Crippen LogP contribution is -2.17. The van der Waals surface area contributed by atoms with Gasteiger partial charge in [0.1, 0.15) is 0 Å². The van der Waals surface area contributed by atoms with Gasteiger partial charge in [-0.2, -0.15) is 0 Å². The molecule has 0 bridgehead atoms. The summed E-state index contributed by atoms with van der Waals surface area (Å²) >= 11 is 0. The van der Waals surface area contributed by atoms with Gasteiger partial charge >= 0.3 is 0 Å². The van der Waals surface area contributed by atoms with Gasteiger partial charge in [0, 0.05) is 11.7 Å². The predicted molar refractivity (Wildman–Crippen MR) is 57.5 cm³/mol. The summed E-state index contributed by atoms with van der Waals surface area (Å²) in [6, 6.07) is 9.43. The molecule has 0 radical (unpaired) electrons. The van der Waals surface area contributed by atoms with Crippen LogP contribution in [-0.2, 0) is 6.42 Å². The zero-order valence-corrected chi connectivity index (χ0v) is 8.31. The minimum absolute atomic E-state index is 0. The Bertz CT molecular complexity index is 282. The van der Waals surface area contributed by atoms with Gasteiger partial charge in [0.05, 0.1) is 0 Å². The molecule has 1 atom stereocenters. The highest BCUT2D eigenvalue weighted by Gasteiger charge is 2.34. The number of benzene rings is 1. The molecule has 1 aromatic carbocycles. The van der Waals surface area contributed by atoms with Crippen molar-refractivity contribution in [2.45, 2.75) is 25.3 Å². The average molecular weight is 196 g/mol. The van der Waals surface area contributed by atoms with E-state index in [0.29, 0.717) is 0 Å². The van der Waals surface area contributed by atoms with Gasteiger partial charge in [-0.05, 0) is 36.8 Å². The third-order valence-corrected chi connectivity index (χ3v) is 2.99. The first-order valence-electron chi connectivity index (χ1n) is 4.78. The first kappa shape index (κ1) is 8.89. The van der Waals surface area contributed by atoms with Gasteiger partial charge in [-0.15, -0.1) is 12.4 Å². The molecule has 1 fully saturated rings. The first-order valence-corrected chi connectivity index (χ1v) is 4.78. The maximum Gasteiger partial charge on any atom is 0.0375 e. The molecule has 2 aliphatic rings. The molecule has 1 nitrogen and oxygen atoms in total. The molecule has 3 rings (SSSR count). The van der Waals surface area contributed by atoms with E-state index in [0.717, 1.165) is 12.0 Å². The van der Waals surface area contributed by atoms with E-state index in [1.54, 1.807) is 0 Å². The van der Waals surface area contributed by atoms with Crippen LogP contribution >= 0.6 is 12.4 Å². The Morgan fingerprint density at radius 1 is 1.15 bits per heavy atom. The van der Waals surface area contributed by atoms with Gasteiger partial charge < -0.3 is 5.32 Å². The molecule has 1 aliphatic heterocycles. The lowest BCUT2D eigenvalue weighted by Gasteiger charge is -2.07. The highest BCUT2D eigenvalue weighted by atomic mass is 35.5. The van der Waals surface area contributed by atoms with Gasteiger partial charge in [-0.25, -0.2) is 0 Å². The van der Waals surface area contributed by atoms with E-state index in [9.17, 15) is 0 Å². The Hall–Kier alpha value is -0.690. The largest absolute Gasteiger partial charge is 0.381 e. The molecule has 1 aliphatic carbocycles. The molecule has 0 amide bonds. The minimum Gasteiger partial charge on any atom is -0.381 e. The number of anilines is 1. The van der Waals surface area contributed by atoms with E-state index >= 15 is 0 Å². The van der Waals surface area contributed by atoms with Crippen LogP contribution in [0.3, 0.4) is 0 Å². The van der Waals surface area contributed by atoms with E-state index in [2.05, 4.69) is 29.6 Å². The van der Waals surface area contributed by atoms with Crippen LogP contribution in [0, 0.1) is 5.92 Å². The number of halogens is 1. The van der Waals surface area contributed by atoms with Gasteiger partial charge in [0.15, 0.2) is 0 Å². The molecular formula is C11H14ClN. The second kappa shape index (κ2) is 3.22. The standard InChI is InChI=1S/C11H13N.ClH/c1-2-4-10-9(3-1)7-11(12-10)8-5-6-8;/h1-4,8,11-12H,5-7H2;1H. The molecule has 2 heteroatoms. The van der Waals surface area contributed by atoms with Gasteiger partial charge in [0.2, 0.25) is 0 Å². The summed E-state index contributed by atoms with van der Waals surface area (Å²) in [5.41, 5.74) is 2.88. The zero-order chi connectivity index (χ0) is 7.97. The fourth-order valence-corrected chi connectivity index (χ4v) is 2.11. The van der Waals surface area contributed by atoms with Crippen LogP contribution in [0.15, 0.2) is 24.3 Å². The Morgan fingerprint density at radius 3 is 2.62 bits per heavy atom. The SMILES string of the molecule is Cl.c1ccc2c(c1)CC(C1CC1)N2. The number of nitrogens with one attached hydrogen (secondary N) is 1. The van der Waals surface area contributed by atoms with E-state index in [-0.39, 0.29) is 12.4 Å². The number of hydrogen-bond donors (Lipinski definition) is 1. The van der Waals surface area contributed by atoms with E-state index < -0.39 is 0 Å². The third kappa shape index (κ3) is 1.53. The summed E-state index contributed by atoms with van der Waals surface area (Å²) < 4.78 is 0. The summed E-state index contributed by atoms with van der Waals surface area (Å²) in [6.45, 7) is 0. The van der Waals surface area contributed by atoms with Crippen LogP contribution in [0.5, 0.6) is 0 Å². The molecule has 1 heterocycles. The fourth-order valence-electron chi connectivity index (χ4n) is 2.11. The number of para-hydroxylation sites is 1. The Kier molecular flexibility index (Phi) is 2.20. The van der Waals surface area contributed by atoms with Crippen LogP contribution in [0.4, 0.5) is 5.69 Å². The monoisotopic (exact) mass is 195 g/mol. The van der Waals surface area contributed by atoms with E-state index in [1.165, 1.54) is 30.5 Å². The molecular weight excluding hydrogens is 182 g/mol. The Labute approximate surface area is 84.9 Å². The molecule has 0 saturated heterocycles. The molecule has 0 spiro atoms. The molecule has 1 unspecified atom stereocenters. The summed E-state index contributed by atoms with van der Waals surface area (Å²) in [5, 5.41) is 3.60. The highest BCUT2D eigenvalue weighted by Crippen LogP contribution is 2.39. The summed E-state index contributed by atoms with van der Waals surface area (Å²) in [5.74, 6) is 0.970. The normalized spacial score (nSPS) is 24.5. The van der Waals surface area contributed by atoms with Crippen molar-refractivity contribution >= 4 is 18.1 Å². The maximum atomic E-state index is 3.60. The second-order valence-electron chi connectivity index (χ2n) is 3.95. The van der Waals surface area contributed by atoms with Crippen LogP contribution in [0.25, 0.3) is 0 Å². The predicted octanol–water partition coefficient (Wildman–Crippen LogP) is 2.86. The lowest BCUT2D eigenvalue weighted by atomic mass is 10.1. The summed E-state index contributed by atoms with van der Waals surface area (Å²) in [7, 11) is 0. The van der Waals surface area contributed by atoms with Crippen molar-refractivity contribution in [3.8, 4) is 0 Å². The first-order chi connectivity index (χ1) is 5.93. The van der Waals surface area contributed by atoms with Crippen molar-refractivity contribution in [3.05, 3.63) is 29.8 Å². The highest BCUT2D eigenvalue weighted by molar-refractivity contribution is 5.85. The molecule has 13 heavy (non-hydrogen) atoms. The zero-order valence-electron chi connectivity index (χ0n) is 7.49. The van der Waals surface area contributed by atoms with Gasteiger partial charge in [0.25, 0.3) is 0 Å². The molecule has 1 saturated carbocycles. The summed E-state index contributed by atoms with van der Waals surface area (Å²) in [4.78, 5) is 0. The lowest BCUT2D eigenvalue weighted by molar-refractivity contribution is 0.660. The van der Waals surface area contributed by atoms with Crippen molar-refractivity contribution < 1.29 is 0 Å². The molecule has 1 N–H and O–H groups in total. The fraction of sp³-hybridized carbons (Fsp3) is 0.455. The van der Waals surface area contributed by atoms with Crippen LogP contribution in [-0.4, -0.2) is 6.04 Å². The Balaban J connectivity index is 0.000000653. The van der Waals surface area contributed by atoms with Crippen molar-refractivity contribution in [1.82, 2.24) is 0 Å². The van der Waals surface area contributed by atoms with Gasteiger partial charge in [-0.3, -0.25) is 0 Å².